The van der Waals surface area contributed by atoms with Crippen LogP contribution in [0.4, 0.5) is 0 Å². The standard InChI is InChI=1S/C18H21NO2S2/c1-12-10-15(13(2)23-12)17(20)5-6-18(21)19-8-3-4-16(19)14-7-9-22-11-14/h7,9-11,16H,3-6,8H2,1-2H3/t16-/m0/s1. The second kappa shape index (κ2) is 6.97. The van der Waals surface area contributed by atoms with E-state index in [-0.39, 0.29) is 17.7 Å². The third kappa shape index (κ3) is 3.56. The number of carbonyl (C=O) groups excluding carboxylic acids is 2. The summed E-state index contributed by atoms with van der Waals surface area (Å²) in [4.78, 5) is 29.1. The van der Waals surface area contributed by atoms with Crippen molar-refractivity contribution in [3.63, 3.8) is 0 Å². The third-order valence-corrected chi connectivity index (χ3v) is 6.08. The maximum absolute atomic E-state index is 12.6. The van der Waals surface area contributed by atoms with Crippen molar-refractivity contribution >= 4 is 34.4 Å². The lowest BCUT2D eigenvalue weighted by Gasteiger charge is -2.24. The second-order valence-corrected chi connectivity index (χ2v) is 8.29. The van der Waals surface area contributed by atoms with Gasteiger partial charge in [-0.25, -0.2) is 0 Å². The lowest BCUT2D eigenvalue weighted by atomic mass is 10.1. The fraction of sp³-hybridized carbons (Fsp3) is 0.444. The van der Waals surface area contributed by atoms with E-state index < -0.39 is 0 Å². The summed E-state index contributed by atoms with van der Waals surface area (Å²) in [7, 11) is 0. The van der Waals surface area contributed by atoms with Crippen LogP contribution in [0.2, 0.25) is 0 Å². The van der Waals surface area contributed by atoms with E-state index in [1.807, 2.05) is 24.8 Å². The normalized spacial score (nSPS) is 17.7. The van der Waals surface area contributed by atoms with Gasteiger partial charge in [0, 0.05) is 34.7 Å². The molecule has 0 aromatic carbocycles. The van der Waals surface area contributed by atoms with Gasteiger partial charge in [-0.15, -0.1) is 11.3 Å². The Morgan fingerprint density at radius 1 is 1.30 bits per heavy atom. The zero-order chi connectivity index (χ0) is 16.4. The lowest BCUT2D eigenvalue weighted by Crippen LogP contribution is -2.30. The summed E-state index contributed by atoms with van der Waals surface area (Å²) < 4.78 is 0. The van der Waals surface area contributed by atoms with Gasteiger partial charge in [-0.1, -0.05) is 0 Å². The summed E-state index contributed by atoms with van der Waals surface area (Å²) in [6.07, 6.45) is 2.69. The molecule has 3 heterocycles. The van der Waals surface area contributed by atoms with E-state index in [2.05, 4.69) is 16.8 Å². The molecule has 1 aliphatic rings. The van der Waals surface area contributed by atoms with Crippen molar-refractivity contribution in [1.29, 1.82) is 0 Å². The van der Waals surface area contributed by atoms with Gasteiger partial charge in [0.15, 0.2) is 5.78 Å². The van der Waals surface area contributed by atoms with Crippen LogP contribution in [0.1, 0.15) is 57.4 Å². The van der Waals surface area contributed by atoms with Gasteiger partial charge in [0.25, 0.3) is 0 Å². The first-order valence-corrected chi connectivity index (χ1v) is 9.74. The summed E-state index contributed by atoms with van der Waals surface area (Å²) >= 11 is 3.31. The minimum absolute atomic E-state index is 0.0893. The molecular formula is C18H21NO2S2. The van der Waals surface area contributed by atoms with Crippen molar-refractivity contribution in [2.75, 3.05) is 6.54 Å². The van der Waals surface area contributed by atoms with E-state index in [4.69, 9.17) is 0 Å². The first-order valence-electron chi connectivity index (χ1n) is 7.98. The van der Waals surface area contributed by atoms with Crippen LogP contribution in [0.3, 0.4) is 0 Å². The molecule has 1 fully saturated rings. The molecule has 23 heavy (non-hydrogen) atoms. The van der Waals surface area contributed by atoms with Crippen molar-refractivity contribution in [2.45, 2.75) is 45.6 Å². The van der Waals surface area contributed by atoms with Crippen molar-refractivity contribution in [2.24, 2.45) is 0 Å². The average molecular weight is 348 g/mol. The van der Waals surface area contributed by atoms with Crippen molar-refractivity contribution in [3.8, 4) is 0 Å². The van der Waals surface area contributed by atoms with E-state index >= 15 is 0 Å². The predicted octanol–water partition coefficient (Wildman–Crippen LogP) is 4.75. The molecule has 3 nitrogen and oxygen atoms in total. The summed E-state index contributed by atoms with van der Waals surface area (Å²) in [5.74, 6) is 0.197. The molecule has 1 saturated heterocycles. The van der Waals surface area contributed by atoms with Crippen LogP contribution in [0.5, 0.6) is 0 Å². The average Bonchev–Trinajstić information content (AvgIpc) is 3.23. The van der Waals surface area contributed by atoms with Crippen LogP contribution in [0.15, 0.2) is 22.9 Å². The molecule has 0 bridgehead atoms. The highest BCUT2D eigenvalue weighted by Crippen LogP contribution is 2.33. The second-order valence-electron chi connectivity index (χ2n) is 6.05. The Balaban J connectivity index is 1.61. The van der Waals surface area contributed by atoms with Gasteiger partial charge in [-0.3, -0.25) is 9.59 Å². The Labute approximate surface area is 144 Å². The molecule has 3 rings (SSSR count). The highest BCUT2D eigenvalue weighted by atomic mass is 32.1. The number of hydrogen-bond donors (Lipinski definition) is 0. The molecule has 1 amide bonds. The highest BCUT2D eigenvalue weighted by molar-refractivity contribution is 7.12. The van der Waals surface area contributed by atoms with Gasteiger partial charge in [0.1, 0.15) is 0 Å². The molecule has 5 heteroatoms. The fourth-order valence-corrected chi connectivity index (χ4v) is 4.93. The third-order valence-electron chi connectivity index (χ3n) is 4.41. The number of rotatable bonds is 5. The van der Waals surface area contributed by atoms with E-state index in [9.17, 15) is 9.59 Å². The molecule has 0 spiro atoms. The van der Waals surface area contributed by atoms with Crippen LogP contribution in [-0.4, -0.2) is 23.1 Å². The number of hydrogen-bond acceptors (Lipinski definition) is 4. The van der Waals surface area contributed by atoms with Crippen molar-refractivity contribution in [3.05, 3.63) is 43.8 Å². The summed E-state index contributed by atoms with van der Waals surface area (Å²) in [5.41, 5.74) is 2.02. The van der Waals surface area contributed by atoms with Gasteiger partial charge in [0.2, 0.25) is 5.91 Å². The predicted molar refractivity (Wildman–Crippen MR) is 95.4 cm³/mol. The van der Waals surface area contributed by atoms with Crippen molar-refractivity contribution in [1.82, 2.24) is 4.90 Å². The summed E-state index contributed by atoms with van der Waals surface area (Å²) in [5, 5.41) is 4.18. The molecule has 2 aromatic rings. The van der Waals surface area contributed by atoms with Crippen molar-refractivity contribution < 1.29 is 9.59 Å². The first kappa shape index (κ1) is 16.4. The van der Waals surface area contributed by atoms with E-state index in [1.54, 1.807) is 22.7 Å². The molecule has 0 N–H and O–H groups in total. The largest absolute Gasteiger partial charge is 0.336 e. The SMILES string of the molecule is Cc1cc(C(=O)CCC(=O)N2CCC[C@H]2c2ccsc2)c(C)s1. The fourth-order valence-electron chi connectivity index (χ4n) is 3.28. The molecule has 0 saturated carbocycles. The molecule has 0 radical (unpaired) electrons. The number of likely N-dealkylation sites (tertiary alicyclic amines) is 1. The zero-order valence-electron chi connectivity index (χ0n) is 13.5. The first-order chi connectivity index (χ1) is 11.1. The van der Waals surface area contributed by atoms with Crippen LogP contribution in [0.25, 0.3) is 0 Å². The number of amides is 1. The lowest BCUT2D eigenvalue weighted by molar-refractivity contribution is -0.132. The minimum Gasteiger partial charge on any atom is -0.336 e. The number of carbonyl (C=O) groups is 2. The summed E-state index contributed by atoms with van der Waals surface area (Å²) in [6, 6.07) is 4.24. The molecule has 1 atom stereocenters. The number of nitrogens with zero attached hydrogens (tertiary/aromatic N) is 1. The van der Waals surface area contributed by atoms with Gasteiger partial charge in [0.05, 0.1) is 6.04 Å². The smallest absolute Gasteiger partial charge is 0.223 e. The van der Waals surface area contributed by atoms with E-state index in [0.29, 0.717) is 12.8 Å². The number of thiophene rings is 2. The van der Waals surface area contributed by atoms with Crippen LogP contribution >= 0.6 is 22.7 Å². The van der Waals surface area contributed by atoms with E-state index in [1.165, 1.54) is 5.56 Å². The molecule has 1 aliphatic heterocycles. The monoisotopic (exact) mass is 347 g/mol. The quantitative estimate of drug-likeness (QED) is 0.732. The zero-order valence-corrected chi connectivity index (χ0v) is 15.1. The van der Waals surface area contributed by atoms with Gasteiger partial charge < -0.3 is 4.90 Å². The molecule has 2 aromatic heterocycles. The topological polar surface area (TPSA) is 37.4 Å². The Hall–Kier alpha value is -1.46. The Bertz CT molecular complexity index is 703. The molecular weight excluding hydrogens is 326 g/mol. The number of aryl methyl sites for hydroxylation is 2. The molecule has 0 unspecified atom stereocenters. The van der Waals surface area contributed by atoms with Gasteiger partial charge in [-0.2, -0.15) is 11.3 Å². The number of ketones is 1. The Morgan fingerprint density at radius 3 is 2.78 bits per heavy atom. The van der Waals surface area contributed by atoms with Gasteiger partial charge >= 0.3 is 0 Å². The highest BCUT2D eigenvalue weighted by Gasteiger charge is 2.30. The Kier molecular flexibility index (Phi) is 4.97. The minimum atomic E-state index is 0.0893. The van der Waals surface area contributed by atoms with Crippen LogP contribution in [0, 0.1) is 13.8 Å². The summed E-state index contributed by atoms with van der Waals surface area (Å²) in [6.45, 7) is 4.79. The molecule has 122 valence electrons. The Morgan fingerprint density at radius 2 is 2.13 bits per heavy atom. The maximum Gasteiger partial charge on any atom is 0.223 e. The molecule has 0 aliphatic carbocycles. The number of Topliss-reactive ketones (excluding diaryl/α,β-unsaturated/α-hetero) is 1. The maximum atomic E-state index is 12.6. The van der Waals surface area contributed by atoms with Crippen LogP contribution < -0.4 is 0 Å². The van der Waals surface area contributed by atoms with E-state index in [0.717, 1.165) is 34.7 Å². The van der Waals surface area contributed by atoms with Gasteiger partial charge in [-0.05, 0) is 55.1 Å². The van der Waals surface area contributed by atoms with Crippen LogP contribution in [-0.2, 0) is 4.79 Å².